The summed E-state index contributed by atoms with van der Waals surface area (Å²) in [4.78, 5) is 89.4. The lowest BCUT2D eigenvalue weighted by molar-refractivity contribution is -0.184. The highest BCUT2D eigenvalue weighted by Gasteiger charge is 2.30. The Hall–Kier alpha value is -6.10. The van der Waals surface area contributed by atoms with Crippen LogP contribution in [-0.2, 0) is 57.2 Å². The lowest BCUT2D eigenvalue weighted by atomic mass is 10.1. The molecule has 0 bridgehead atoms. The number of hydrogen-bond donors (Lipinski definition) is 1. The molecule has 17 heteroatoms. The van der Waals surface area contributed by atoms with E-state index >= 15 is 0 Å². The van der Waals surface area contributed by atoms with Crippen molar-refractivity contribution in [2.24, 2.45) is 0 Å². The quantitative estimate of drug-likeness (QED) is 0.174. The van der Waals surface area contributed by atoms with Crippen molar-refractivity contribution in [3.8, 4) is 0 Å². The standard InChI is InChI=1S/C37H42N4O13/c1-22(49-5)35(46)53-24(3)37(48)54-25(4)36(47)52-23(2)34(45)51-21-32(43)50-20-31(42)40-16-18-41(19-17-40)33(44)27-13-10-26(11-14-27)12-15-30-28-8-6-7-9-29(28)38-39-30/h6-15,22-25H,16-21H2,1-5H3,(H,38,39)/b15-12+. The van der Waals surface area contributed by atoms with Crippen LogP contribution in [0.25, 0.3) is 23.1 Å². The van der Waals surface area contributed by atoms with Crippen molar-refractivity contribution in [2.45, 2.75) is 52.1 Å². The number of aromatic nitrogens is 2. The minimum atomic E-state index is -1.49. The second-order valence-corrected chi connectivity index (χ2v) is 12.2. The van der Waals surface area contributed by atoms with Gasteiger partial charge < -0.3 is 38.2 Å². The number of carbonyl (C=O) groups is 7. The number of H-pyrrole nitrogens is 1. The summed E-state index contributed by atoms with van der Waals surface area (Å²) >= 11 is 0. The van der Waals surface area contributed by atoms with Gasteiger partial charge in [-0.15, -0.1) is 0 Å². The Morgan fingerprint density at radius 2 is 1.24 bits per heavy atom. The lowest BCUT2D eigenvalue weighted by Gasteiger charge is -2.34. The van der Waals surface area contributed by atoms with Gasteiger partial charge in [-0.3, -0.25) is 14.7 Å². The molecule has 2 aromatic carbocycles. The van der Waals surface area contributed by atoms with Crippen LogP contribution in [0, 0.1) is 0 Å². The van der Waals surface area contributed by atoms with E-state index in [1.165, 1.54) is 39.7 Å². The second-order valence-electron chi connectivity index (χ2n) is 12.2. The fourth-order valence-electron chi connectivity index (χ4n) is 4.94. The van der Waals surface area contributed by atoms with Crippen molar-refractivity contribution < 1.29 is 62.0 Å². The first-order chi connectivity index (χ1) is 25.8. The number of hydrogen-bond acceptors (Lipinski definition) is 14. The molecular formula is C37H42N4O13. The zero-order valence-electron chi connectivity index (χ0n) is 30.5. The van der Waals surface area contributed by atoms with E-state index in [0.717, 1.165) is 22.2 Å². The van der Waals surface area contributed by atoms with Crippen molar-refractivity contribution in [1.82, 2.24) is 20.0 Å². The normalized spacial score (nSPS) is 15.1. The molecule has 1 aromatic heterocycles. The molecule has 4 rings (SSSR count). The first kappa shape index (κ1) is 40.7. The molecule has 17 nitrogen and oxygen atoms in total. The number of rotatable bonds is 15. The maximum absolute atomic E-state index is 13.1. The second kappa shape index (κ2) is 19.1. The summed E-state index contributed by atoms with van der Waals surface area (Å²) < 4.78 is 29.3. The third kappa shape index (κ3) is 11.2. The number of carbonyl (C=O) groups excluding carboxylic acids is 7. The molecule has 0 aliphatic carbocycles. The van der Waals surface area contributed by atoms with E-state index in [2.05, 4.69) is 10.2 Å². The number of esters is 5. The molecule has 1 aliphatic heterocycles. The Bertz CT molecular complexity index is 1860. The molecule has 0 radical (unpaired) electrons. The summed E-state index contributed by atoms with van der Waals surface area (Å²) in [6.07, 6.45) is -1.42. The average Bonchev–Trinajstić information content (AvgIpc) is 3.60. The monoisotopic (exact) mass is 750 g/mol. The van der Waals surface area contributed by atoms with Crippen LogP contribution in [0.5, 0.6) is 0 Å². The van der Waals surface area contributed by atoms with E-state index in [4.69, 9.17) is 28.4 Å². The first-order valence-electron chi connectivity index (χ1n) is 17.0. The molecule has 2 heterocycles. The van der Waals surface area contributed by atoms with Gasteiger partial charge in [-0.25, -0.2) is 24.0 Å². The van der Waals surface area contributed by atoms with Crippen LogP contribution < -0.4 is 0 Å². The Labute approximate surface area is 310 Å². The first-order valence-corrected chi connectivity index (χ1v) is 17.0. The Morgan fingerprint density at radius 3 is 1.85 bits per heavy atom. The van der Waals surface area contributed by atoms with Crippen LogP contribution in [0.4, 0.5) is 0 Å². The molecule has 3 aromatic rings. The predicted octanol–water partition coefficient (Wildman–Crippen LogP) is 1.93. The van der Waals surface area contributed by atoms with Crippen molar-refractivity contribution in [2.75, 3.05) is 46.5 Å². The third-order valence-electron chi connectivity index (χ3n) is 8.26. The highest BCUT2D eigenvalue weighted by Crippen LogP contribution is 2.18. The van der Waals surface area contributed by atoms with Crippen LogP contribution in [0.15, 0.2) is 48.5 Å². The number of fused-ring (bicyclic) bond motifs is 1. The Morgan fingerprint density at radius 1 is 0.685 bits per heavy atom. The number of nitrogens with zero attached hydrogens (tertiary/aromatic N) is 3. The number of aromatic amines is 1. The molecule has 1 N–H and O–H groups in total. The molecule has 0 saturated carbocycles. The topological polar surface area (TPSA) is 210 Å². The fourth-order valence-corrected chi connectivity index (χ4v) is 4.94. The maximum Gasteiger partial charge on any atom is 0.347 e. The number of benzene rings is 2. The van der Waals surface area contributed by atoms with Crippen LogP contribution in [0.2, 0.25) is 0 Å². The lowest BCUT2D eigenvalue weighted by Crippen LogP contribution is -2.51. The molecule has 4 atom stereocenters. The smallest absolute Gasteiger partial charge is 0.347 e. The van der Waals surface area contributed by atoms with Gasteiger partial charge in [-0.05, 0) is 57.5 Å². The van der Waals surface area contributed by atoms with E-state index in [0.29, 0.717) is 5.56 Å². The van der Waals surface area contributed by atoms with Gasteiger partial charge in [-0.2, -0.15) is 5.10 Å². The highest BCUT2D eigenvalue weighted by atomic mass is 16.6. The summed E-state index contributed by atoms with van der Waals surface area (Å²) in [6, 6.07) is 15.0. The van der Waals surface area contributed by atoms with Crippen molar-refractivity contribution in [3.05, 3.63) is 65.4 Å². The van der Waals surface area contributed by atoms with Crippen molar-refractivity contribution in [3.63, 3.8) is 0 Å². The molecule has 0 spiro atoms. The summed E-state index contributed by atoms with van der Waals surface area (Å²) in [5.41, 5.74) is 3.15. The van der Waals surface area contributed by atoms with Gasteiger partial charge in [0.15, 0.2) is 37.6 Å². The van der Waals surface area contributed by atoms with Crippen molar-refractivity contribution in [1.29, 1.82) is 0 Å². The number of piperazine rings is 1. The fraction of sp³-hybridized carbons (Fsp3) is 0.405. The van der Waals surface area contributed by atoms with E-state index in [1.807, 2.05) is 48.6 Å². The molecule has 2 amide bonds. The van der Waals surface area contributed by atoms with Gasteiger partial charge >= 0.3 is 29.8 Å². The summed E-state index contributed by atoms with van der Waals surface area (Å²) in [7, 11) is 1.28. The maximum atomic E-state index is 13.1. The Balaban J connectivity index is 1.12. The van der Waals surface area contributed by atoms with Gasteiger partial charge in [0.1, 0.15) is 0 Å². The van der Waals surface area contributed by atoms with E-state index in [1.54, 1.807) is 17.0 Å². The van der Waals surface area contributed by atoms with Crippen LogP contribution in [-0.4, -0.2) is 133 Å². The largest absolute Gasteiger partial charge is 0.453 e. The van der Waals surface area contributed by atoms with Crippen LogP contribution >= 0.6 is 0 Å². The van der Waals surface area contributed by atoms with Crippen molar-refractivity contribution >= 4 is 64.7 Å². The molecule has 288 valence electrons. The van der Waals surface area contributed by atoms with Gasteiger partial charge in [0.05, 0.1) is 11.2 Å². The minimum absolute atomic E-state index is 0.176. The summed E-state index contributed by atoms with van der Waals surface area (Å²) in [5.74, 6) is -5.75. The minimum Gasteiger partial charge on any atom is -0.453 e. The predicted molar refractivity (Wildman–Crippen MR) is 189 cm³/mol. The average molecular weight is 751 g/mol. The number of amides is 2. The number of nitrogens with one attached hydrogen (secondary N) is 1. The number of ether oxygens (including phenoxy) is 6. The SMILES string of the molecule is COC(C)C(=O)OC(C)C(=O)OC(C)C(=O)OC(C)C(=O)OCC(=O)OCC(=O)N1CCN(C(=O)c2ccc(/C=C/c3n[nH]c4ccccc34)cc2)CC1. The molecule has 1 fully saturated rings. The molecular weight excluding hydrogens is 708 g/mol. The molecule has 54 heavy (non-hydrogen) atoms. The highest BCUT2D eigenvalue weighted by molar-refractivity contribution is 5.95. The summed E-state index contributed by atoms with van der Waals surface area (Å²) in [5, 5.41) is 8.33. The van der Waals surface area contributed by atoms with E-state index in [9.17, 15) is 33.6 Å². The summed E-state index contributed by atoms with van der Waals surface area (Å²) in [6.45, 7) is 4.53. The van der Waals surface area contributed by atoms with E-state index < -0.39 is 73.4 Å². The zero-order valence-corrected chi connectivity index (χ0v) is 30.5. The molecule has 4 unspecified atom stereocenters. The number of methoxy groups -OCH3 is 1. The zero-order chi connectivity index (χ0) is 39.4. The Kier molecular flexibility index (Phi) is 14.4. The molecule has 1 aliphatic rings. The van der Waals surface area contributed by atoms with E-state index in [-0.39, 0.29) is 32.1 Å². The molecule has 1 saturated heterocycles. The third-order valence-corrected chi connectivity index (χ3v) is 8.26. The number of para-hydroxylation sites is 1. The van der Waals surface area contributed by atoms with Gasteiger partial charge in [0.25, 0.3) is 11.8 Å². The van der Waals surface area contributed by atoms with Gasteiger partial charge in [0.2, 0.25) is 0 Å². The van der Waals surface area contributed by atoms with Crippen LogP contribution in [0.3, 0.4) is 0 Å². The van der Waals surface area contributed by atoms with Gasteiger partial charge in [0, 0.05) is 44.2 Å². The van der Waals surface area contributed by atoms with Gasteiger partial charge in [-0.1, -0.05) is 36.4 Å². The van der Waals surface area contributed by atoms with Crippen LogP contribution in [0.1, 0.15) is 49.3 Å².